The highest BCUT2D eigenvalue weighted by Crippen LogP contribution is 2.47. The minimum atomic E-state index is 0.0297. The average molecular weight is 274 g/mol. The Labute approximate surface area is 118 Å². The average Bonchev–Trinajstić information content (AvgIpc) is 3.13. The highest BCUT2D eigenvalue weighted by Gasteiger charge is 2.49. The Hall–Kier alpha value is -1.36. The third-order valence-electron chi connectivity index (χ3n) is 5.64. The Morgan fingerprint density at radius 3 is 3.00 bits per heavy atom. The fourth-order valence-corrected chi connectivity index (χ4v) is 4.60. The number of nitrogens with two attached hydrogens (primary N) is 1. The Morgan fingerprint density at radius 1 is 1.35 bits per heavy atom. The zero-order chi connectivity index (χ0) is 13.7. The number of carbonyl (C=O) groups is 1. The van der Waals surface area contributed by atoms with E-state index < -0.39 is 0 Å². The molecule has 5 nitrogen and oxygen atoms in total. The first-order valence-electron chi connectivity index (χ1n) is 7.82. The number of aryl methyl sites for hydroxylation is 1. The molecule has 0 spiro atoms. The standard InChI is InChI=1S/C15H22N4O/c16-13-9-5-4-8(6-9)12(13)15(20)18-11-3-1-2-10-7-17-19-14(10)11/h7-9,11-13H,1-6,16H2,(H,17,19)(H,18,20). The van der Waals surface area contributed by atoms with Crippen LogP contribution in [0.1, 0.15) is 49.4 Å². The van der Waals surface area contributed by atoms with Crippen LogP contribution in [-0.4, -0.2) is 22.1 Å². The predicted octanol–water partition coefficient (Wildman–Crippen LogP) is 1.28. The van der Waals surface area contributed by atoms with E-state index in [1.165, 1.54) is 18.4 Å². The monoisotopic (exact) mass is 274 g/mol. The van der Waals surface area contributed by atoms with Gasteiger partial charge in [-0.15, -0.1) is 0 Å². The van der Waals surface area contributed by atoms with Crippen LogP contribution < -0.4 is 11.1 Å². The van der Waals surface area contributed by atoms with E-state index in [1.807, 2.05) is 6.20 Å². The molecule has 3 aliphatic rings. The number of nitrogens with zero attached hydrogens (tertiary/aromatic N) is 1. The number of aromatic nitrogens is 2. The fraction of sp³-hybridized carbons (Fsp3) is 0.733. The van der Waals surface area contributed by atoms with Crippen LogP contribution in [0.3, 0.4) is 0 Å². The molecule has 5 atom stereocenters. The molecule has 1 heterocycles. The van der Waals surface area contributed by atoms with Gasteiger partial charge in [-0.3, -0.25) is 9.89 Å². The zero-order valence-corrected chi connectivity index (χ0v) is 11.6. The molecular weight excluding hydrogens is 252 g/mol. The first-order chi connectivity index (χ1) is 9.74. The van der Waals surface area contributed by atoms with Gasteiger partial charge in [-0.1, -0.05) is 0 Å². The smallest absolute Gasteiger partial charge is 0.225 e. The van der Waals surface area contributed by atoms with Gasteiger partial charge in [0, 0.05) is 6.04 Å². The van der Waals surface area contributed by atoms with E-state index in [0.717, 1.165) is 31.4 Å². The number of hydrogen-bond acceptors (Lipinski definition) is 3. The summed E-state index contributed by atoms with van der Waals surface area (Å²) in [5.74, 6) is 1.28. The number of rotatable bonds is 2. The quantitative estimate of drug-likeness (QED) is 0.759. The molecule has 1 aromatic rings. The van der Waals surface area contributed by atoms with Crippen molar-refractivity contribution in [3.63, 3.8) is 0 Å². The third kappa shape index (κ3) is 1.79. The minimum Gasteiger partial charge on any atom is -0.347 e. The Kier molecular flexibility index (Phi) is 2.84. The van der Waals surface area contributed by atoms with E-state index in [-0.39, 0.29) is 23.9 Å². The lowest BCUT2D eigenvalue weighted by Gasteiger charge is -2.30. The van der Waals surface area contributed by atoms with E-state index in [9.17, 15) is 4.79 Å². The molecule has 20 heavy (non-hydrogen) atoms. The molecule has 4 rings (SSSR count). The molecule has 5 heteroatoms. The highest BCUT2D eigenvalue weighted by molar-refractivity contribution is 5.81. The molecule has 4 N–H and O–H groups in total. The summed E-state index contributed by atoms with van der Waals surface area (Å²) >= 11 is 0. The first kappa shape index (κ1) is 12.4. The van der Waals surface area contributed by atoms with Crippen molar-refractivity contribution in [1.82, 2.24) is 15.5 Å². The largest absolute Gasteiger partial charge is 0.347 e. The Morgan fingerprint density at radius 2 is 2.20 bits per heavy atom. The molecule has 2 bridgehead atoms. The Balaban J connectivity index is 1.49. The molecule has 0 aromatic carbocycles. The van der Waals surface area contributed by atoms with Crippen molar-refractivity contribution in [1.29, 1.82) is 0 Å². The summed E-state index contributed by atoms with van der Waals surface area (Å²) in [6.07, 6.45) is 8.60. The van der Waals surface area contributed by atoms with Gasteiger partial charge in [0.25, 0.3) is 0 Å². The summed E-state index contributed by atoms with van der Waals surface area (Å²) in [4.78, 5) is 12.6. The molecule has 2 saturated carbocycles. The number of H-pyrrole nitrogens is 1. The zero-order valence-electron chi connectivity index (χ0n) is 11.6. The second-order valence-electron chi connectivity index (χ2n) is 6.70. The lowest BCUT2D eigenvalue weighted by Crippen LogP contribution is -2.46. The maximum absolute atomic E-state index is 12.6. The van der Waals surface area contributed by atoms with E-state index in [2.05, 4.69) is 15.5 Å². The summed E-state index contributed by atoms with van der Waals surface area (Å²) in [5, 5.41) is 10.4. The van der Waals surface area contributed by atoms with Gasteiger partial charge in [0.1, 0.15) is 0 Å². The topological polar surface area (TPSA) is 83.8 Å². The highest BCUT2D eigenvalue weighted by atomic mass is 16.2. The summed E-state index contributed by atoms with van der Waals surface area (Å²) in [6, 6.07) is 0.165. The van der Waals surface area contributed by atoms with Crippen LogP contribution >= 0.6 is 0 Å². The molecule has 1 aromatic heterocycles. The van der Waals surface area contributed by atoms with Crippen LogP contribution in [0.25, 0.3) is 0 Å². The number of nitrogens with one attached hydrogen (secondary N) is 2. The first-order valence-corrected chi connectivity index (χ1v) is 7.82. The predicted molar refractivity (Wildman–Crippen MR) is 74.7 cm³/mol. The third-order valence-corrected chi connectivity index (χ3v) is 5.64. The summed E-state index contributed by atoms with van der Waals surface area (Å²) in [6.45, 7) is 0. The Bertz CT molecular complexity index is 524. The summed E-state index contributed by atoms with van der Waals surface area (Å²) in [5.41, 5.74) is 8.61. The van der Waals surface area contributed by atoms with Crippen LogP contribution in [0.2, 0.25) is 0 Å². The number of aromatic amines is 1. The molecule has 1 amide bonds. The fourth-order valence-electron chi connectivity index (χ4n) is 4.60. The van der Waals surface area contributed by atoms with Crippen molar-refractivity contribution in [2.45, 2.75) is 50.6 Å². The van der Waals surface area contributed by atoms with Crippen molar-refractivity contribution in [3.8, 4) is 0 Å². The van der Waals surface area contributed by atoms with Gasteiger partial charge in [0.05, 0.1) is 23.9 Å². The van der Waals surface area contributed by atoms with Crippen molar-refractivity contribution < 1.29 is 4.79 Å². The maximum Gasteiger partial charge on any atom is 0.225 e. The number of amides is 1. The van der Waals surface area contributed by atoms with Gasteiger partial charge in [0.2, 0.25) is 5.91 Å². The second-order valence-corrected chi connectivity index (χ2v) is 6.70. The van der Waals surface area contributed by atoms with Gasteiger partial charge in [0.15, 0.2) is 0 Å². The molecular formula is C15H22N4O. The van der Waals surface area contributed by atoms with Crippen molar-refractivity contribution in [2.24, 2.45) is 23.5 Å². The van der Waals surface area contributed by atoms with Crippen molar-refractivity contribution in [2.75, 3.05) is 0 Å². The van der Waals surface area contributed by atoms with Crippen LogP contribution in [0.5, 0.6) is 0 Å². The van der Waals surface area contributed by atoms with Crippen LogP contribution in [-0.2, 0) is 11.2 Å². The molecule has 108 valence electrons. The molecule has 0 radical (unpaired) electrons. The molecule has 0 aliphatic heterocycles. The summed E-state index contributed by atoms with van der Waals surface area (Å²) in [7, 11) is 0. The van der Waals surface area contributed by atoms with E-state index in [1.54, 1.807) is 0 Å². The van der Waals surface area contributed by atoms with Gasteiger partial charge in [-0.05, 0) is 55.9 Å². The molecule has 3 aliphatic carbocycles. The van der Waals surface area contributed by atoms with Gasteiger partial charge in [-0.2, -0.15) is 5.10 Å². The van der Waals surface area contributed by atoms with Gasteiger partial charge < -0.3 is 11.1 Å². The van der Waals surface area contributed by atoms with Crippen molar-refractivity contribution >= 4 is 5.91 Å². The molecule has 0 saturated heterocycles. The van der Waals surface area contributed by atoms with E-state index >= 15 is 0 Å². The molecule has 2 fully saturated rings. The number of fused-ring (bicyclic) bond motifs is 3. The number of hydrogen-bond donors (Lipinski definition) is 3. The summed E-state index contributed by atoms with van der Waals surface area (Å²) < 4.78 is 0. The molecule has 5 unspecified atom stereocenters. The lowest BCUT2D eigenvalue weighted by atomic mass is 9.83. The minimum absolute atomic E-state index is 0.0297. The lowest BCUT2D eigenvalue weighted by molar-refractivity contribution is -0.128. The number of carbonyl (C=O) groups excluding carboxylic acids is 1. The van der Waals surface area contributed by atoms with Crippen LogP contribution in [0.4, 0.5) is 0 Å². The van der Waals surface area contributed by atoms with Gasteiger partial charge >= 0.3 is 0 Å². The SMILES string of the molecule is NC1C2CCC(C2)C1C(=O)NC1CCCc2cn[nH]c21. The van der Waals surface area contributed by atoms with Crippen LogP contribution in [0, 0.1) is 17.8 Å². The van der Waals surface area contributed by atoms with Crippen LogP contribution in [0.15, 0.2) is 6.20 Å². The van der Waals surface area contributed by atoms with Crippen molar-refractivity contribution in [3.05, 3.63) is 17.5 Å². The van der Waals surface area contributed by atoms with E-state index in [0.29, 0.717) is 11.8 Å². The maximum atomic E-state index is 12.6. The van der Waals surface area contributed by atoms with E-state index in [4.69, 9.17) is 5.73 Å². The normalized spacial score (nSPS) is 38.8. The second kappa shape index (κ2) is 4.58. The van der Waals surface area contributed by atoms with Gasteiger partial charge in [-0.25, -0.2) is 0 Å².